The lowest BCUT2D eigenvalue weighted by atomic mass is 9.73. The van der Waals surface area contributed by atoms with E-state index in [4.69, 9.17) is 0 Å². The standard InChI is InChI=1S/C46H33N/c1-3-32-36-24-23-30(29-13-5-4-6-14-29)25-40(36)34-18-11-17-33(28(34)2)39-20-12-19-35(45(32)39)31-26-41-37-15-7-9-21-43(37)47-44-22-10-8-16-38(44)42(27-31)46(41)47/h4-27,32H,3H2,1-2H3. The first kappa shape index (κ1) is 26.5. The molecule has 2 heterocycles. The van der Waals surface area contributed by atoms with Crippen LogP contribution in [0.15, 0.2) is 146 Å². The van der Waals surface area contributed by atoms with Crippen LogP contribution in [0.5, 0.6) is 0 Å². The van der Waals surface area contributed by atoms with Crippen LogP contribution in [0.4, 0.5) is 0 Å². The van der Waals surface area contributed by atoms with E-state index in [2.05, 4.69) is 164 Å². The Bertz CT molecular complexity index is 2590. The molecule has 47 heavy (non-hydrogen) atoms. The van der Waals surface area contributed by atoms with Crippen molar-refractivity contribution < 1.29 is 0 Å². The highest BCUT2D eigenvalue weighted by atomic mass is 14.9. The van der Waals surface area contributed by atoms with E-state index < -0.39 is 0 Å². The first-order chi connectivity index (χ1) is 23.2. The minimum atomic E-state index is 0.247. The summed E-state index contributed by atoms with van der Waals surface area (Å²) < 4.78 is 2.47. The highest BCUT2D eigenvalue weighted by molar-refractivity contribution is 6.24. The fourth-order valence-electron chi connectivity index (χ4n) is 8.73. The van der Waals surface area contributed by atoms with Gasteiger partial charge in [0.2, 0.25) is 0 Å². The van der Waals surface area contributed by atoms with E-state index >= 15 is 0 Å². The van der Waals surface area contributed by atoms with Gasteiger partial charge < -0.3 is 4.40 Å². The monoisotopic (exact) mass is 599 g/mol. The van der Waals surface area contributed by atoms with Crippen LogP contribution in [0.2, 0.25) is 0 Å². The van der Waals surface area contributed by atoms with Crippen LogP contribution in [0.25, 0.3) is 82.6 Å². The molecular weight excluding hydrogens is 567 g/mol. The number of benzene rings is 7. The van der Waals surface area contributed by atoms with Crippen LogP contribution in [0.3, 0.4) is 0 Å². The van der Waals surface area contributed by atoms with Gasteiger partial charge in [-0.2, -0.15) is 0 Å². The molecule has 222 valence electrons. The van der Waals surface area contributed by atoms with Crippen LogP contribution < -0.4 is 0 Å². The van der Waals surface area contributed by atoms with E-state index in [0.29, 0.717) is 0 Å². The molecule has 0 amide bonds. The molecule has 1 unspecified atom stereocenters. The maximum Gasteiger partial charge on any atom is 0.0620 e. The topological polar surface area (TPSA) is 4.41 Å². The summed E-state index contributed by atoms with van der Waals surface area (Å²) in [6.45, 7) is 4.67. The lowest BCUT2D eigenvalue weighted by molar-refractivity contribution is 0.781. The Morgan fingerprint density at radius 1 is 0.468 bits per heavy atom. The summed E-state index contributed by atoms with van der Waals surface area (Å²) in [6, 6.07) is 54.6. The number of hydrogen-bond donors (Lipinski definition) is 0. The summed E-state index contributed by atoms with van der Waals surface area (Å²) in [5, 5.41) is 5.28. The minimum absolute atomic E-state index is 0.247. The molecule has 1 aliphatic rings. The number of aromatic nitrogens is 1. The van der Waals surface area contributed by atoms with Crippen molar-refractivity contribution in [3.8, 4) is 44.5 Å². The molecule has 0 aliphatic heterocycles. The van der Waals surface area contributed by atoms with Gasteiger partial charge in [-0.3, -0.25) is 0 Å². The van der Waals surface area contributed by atoms with Crippen LogP contribution in [-0.4, -0.2) is 4.40 Å². The molecule has 2 bridgehead atoms. The molecule has 7 aromatic carbocycles. The van der Waals surface area contributed by atoms with Crippen molar-refractivity contribution in [2.75, 3.05) is 0 Å². The quantitative estimate of drug-likeness (QED) is 0.190. The fourth-order valence-corrected chi connectivity index (χ4v) is 8.73. The highest BCUT2D eigenvalue weighted by Gasteiger charge is 2.29. The second-order valence-electron chi connectivity index (χ2n) is 13.2. The second-order valence-corrected chi connectivity index (χ2v) is 13.2. The number of rotatable bonds is 3. The average molecular weight is 600 g/mol. The first-order valence-electron chi connectivity index (χ1n) is 16.8. The van der Waals surface area contributed by atoms with Gasteiger partial charge in [0, 0.05) is 27.5 Å². The largest absolute Gasteiger partial charge is 0.308 e. The third-order valence-electron chi connectivity index (χ3n) is 10.8. The Balaban J connectivity index is 1.30. The molecule has 10 rings (SSSR count). The van der Waals surface area contributed by atoms with Crippen molar-refractivity contribution in [2.45, 2.75) is 26.2 Å². The van der Waals surface area contributed by atoms with E-state index in [9.17, 15) is 0 Å². The van der Waals surface area contributed by atoms with Crippen LogP contribution in [0, 0.1) is 6.92 Å². The van der Waals surface area contributed by atoms with Crippen molar-refractivity contribution in [2.24, 2.45) is 0 Å². The molecule has 0 fully saturated rings. The Labute approximate surface area is 274 Å². The Kier molecular flexibility index (Phi) is 5.60. The molecular formula is C46H33N. The summed E-state index contributed by atoms with van der Waals surface area (Å²) >= 11 is 0. The van der Waals surface area contributed by atoms with E-state index in [0.717, 1.165) is 6.42 Å². The molecule has 9 aromatic rings. The molecule has 2 aromatic heterocycles. The zero-order valence-corrected chi connectivity index (χ0v) is 26.6. The maximum absolute atomic E-state index is 2.47. The third kappa shape index (κ3) is 3.66. The van der Waals surface area contributed by atoms with Gasteiger partial charge in [-0.15, -0.1) is 0 Å². The third-order valence-corrected chi connectivity index (χ3v) is 10.8. The molecule has 0 N–H and O–H groups in total. The fraction of sp³-hybridized carbons (Fsp3) is 0.0870. The molecule has 0 saturated heterocycles. The summed E-state index contributed by atoms with van der Waals surface area (Å²) in [5.74, 6) is 0.247. The zero-order chi connectivity index (χ0) is 31.2. The predicted octanol–water partition coefficient (Wildman–Crippen LogP) is 12.7. The van der Waals surface area contributed by atoms with Gasteiger partial charge in [-0.1, -0.05) is 122 Å². The van der Waals surface area contributed by atoms with Crippen LogP contribution in [-0.2, 0) is 0 Å². The number of hydrogen-bond acceptors (Lipinski definition) is 0. The van der Waals surface area contributed by atoms with E-state index in [1.165, 1.54) is 99.3 Å². The van der Waals surface area contributed by atoms with Gasteiger partial charge in [0.15, 0.2) is 0 Å². The Morgan fingerprint density at radius 3 is 1.74 bits per heavy atom. The van der Waals surface area contributed by atoms with E-state index in [1.54, 1.807) is 0 Å². The molecule has 1 heteroatoms. The molecule has 1 atom stereocenters. The molecule has 0 saturated carbocycles. The SMILES string of the molecule is CCC1c2ccc(-c3ccccc3)cc2-c2cccc(c2C)-c2cccc(-c3cc4c5ccccc5n5c6ccccc6c(c3)c45)c21. The zero-order valence-electron chi connectivity index (χ0n) is 26.6. The normalized spacial score (nSPS) is 14.0. The lowest BCUT2D eigenvalue weighted by Gasteiger charge is -2.30. The van der Waals surface area contributed by atoms with Gasteiger partial charge in [0.1, 0.15) is 0 Å². The van der Waals surface area contributed by atoms with Crippen molar-refractivity contribution in [3.05, 3.63) is 162 Å². The van der Waals surface area contributed by atoms with Gasteiger partial charge >= 0.3 is 0 Å². The van der Waals surface area contributed by atoms with Crippen LogP contribution >= 0.6 is 0 Å². The Morgan fingerprint density at radius 2 is 1.06 bits per heavy atom. The van der Waals surface area contributed by atoms with Gasteiger partial charge in [-0.05, 0) is 105 Å². The predicted molar refractivity (Wildman–Crippen MR) is 200 cm³/mol. The lowest BCUT2D eigenvalue weighted by Crippen LogP contribution is -2.09. The summed E-state index contributed by atoms with van der Waals surface area (Å²) in [6.07, 6.45) is 1.02. The smallest absolute Gasteiger partial charge is 0.0620 e. The molecule has 0 radical (unpaired) electrons. The number of fused-ring (bicyclic) bond motifs is 12. The van der Waals surface area contributed by atoms with E-state index in [-0.39, 0.29) is 5.92 Å². The molecule has 1 nitrogen and oxygen atoms in total. The van der Waals surface area contributed by atoms with E-state index in [1.807, 2.05) is 0 Å². The highest BCUT2D eigenvalue weighted by Crippen LogP contribution is 2.50. The summed E-state index contributed by atoms with van der Waals surface area (Å²) in [7, 11) is 0. The van der Waals surface area contributed by atoms with Crippen molar-refractivity contribution in [1.82, 2.24) is 4.40 Å². The Hall–Kier alpha value is -5.66. The van der Waals surface area contributed by atoms with Crippen molar-refractivity contribution >= 4 is 38.1 Å². The summed E-state index contributed by atoms with van der Waals surface area (Å²) in [5.41, 5.74) is 18.6. The number of nitrogens with zero attached hydrogens (tertiary/aromatic N) is 1. The molecule has 0 spiro atoms. The van der Waals surface area contributed by atoms with Gasteiger partial charge in [0.25, 0.3) is 0 Å². The van der Waals surface area contributed by atoms with Crippen LogP contribution in [0.1, 0.15) is 36.0 Å². The first-order valence-corrected chi connectivity index (χ1v) is 16.8. The van der Waals surface area contributed by atoms with Crippen molar-refractivity contribution in [1.29, 1.82) is 0 Å². The van der Waals surface area contributed by atoms with Gasteiger partial charge in [0.05, 0.1) is 16.6 Å². The average Bonchev–Trinajstić information content (AvgIpc) is 3.64. The summed E-state index contributed by atoms with van der Waals surface area (Å²) in [4.78, 5) is 0. The minimum Gasteiger partial charge on any atom is -0.308 e. The maximum atomic E-state index is 2.47. The van der Waals surface area contributed by atoms with Crippen molar-refractivity contribution in [3.63, 3.8) is 0 Å². The van der Waals surface area contributed by atoms with Gasteiger partial charge in [-0.25, -0.2) is 0 Å². The molecule has 1 aliphatic carbocycles. The number of para-hydroxylation sites is 2. The second kappa shape index (κ2) is 9.92.